The van der Waals surface area contributed by atoms with Gasteiger partial charge < -0.3 is 9.64 Å². The molecular formula is C15H20N2O2S2. The Morgan fingerprint density at radius 2 is 2.29 bits per heavy atom. The minimum Gasteiger partial charge on any atom is -0.466 e. The van der Waals surface area contributed by atoms with Crippen molar-refractivity contribution in [1.29, 1.82) is 0 Å². The van der Waals surface area contributed by atoms with Crippen LogP contribution in [0.3, 0.4) is 0 Å². The highest BCUT2D eigenvalue weighted by molar-refractivity contribution is 7.13. The zero-order valence-corrected chi connectivity index (χ0v) is 14.2. The molecule has 2 rings (SSSR count). The number of thiazole rings is 1. The van der Waals surface area contributed by atoms with Crippen molar-refractivity contribution in [3.8, 4) is 0 Å². The summed E-state index contributed by atoms with van der Waals surface area (Å²) in [5, 5.41) is 4.97. The summed E-state index contributed by atoms with van der Waals surface area (Å²) >= 11 is 3.35. The van der Waals surface area contributed by atoms with Crippen LogP contribution in [0.1, 0.15) is 24.4 Å². The molecule has 114 valence electrons. The quantitative estimate of drug-likeness (QED) is 0.732. The molecule has 2 aromatic heterocycles. The predicted octanol–water partition coefficient (Wildman–Crippen LogP) is 3.38. The number of nitrogens with zero attached hydrogens (tertiary/aromatic N) is 2. The van der Waals surface area contributed by atoms with E-state index in [1.807, 2.05) is 19.4 Å². The van der Waals surface area contributed by atoms with Crippen LogP contribution in [0.2, 0.25) is 0 Å². The lowest BCUT2D eigenvalue weighted by molar-refractivity contribution is -0.142. The number of carbonyl (C=O) groups is 1. The Hall–Kier alpha value is -1.40. The second-order valence-electron chi connectivity index (χ2n) is 4.85. The summed E-state index contributed by atoms with van der Waals surface area (Å²) in [6, 6.07) is 4.60. The van der Waals surface area contributed by atoms with Crippen molar-refractivity contribution < 1.29 is 9.53 Å². The van der Waals surface area contributed by atoms with E-state index in [1.54, 1.807) is 22.7 Å². The van der Waals surface area contributed by atoms with E-state index < -0.39 is 0 Å². The molecule has 0 amide bonds. The highest BCUT2D eigenvalue weighted by atomic mass is 32.1. The van der Waals surface area contributed by atoms with Gasteiger partial charge in [0.15, 0.2) is 5.13 Å². The first-order valence-electron chi connectivity index (χ1n) is 6.95. The highest BCUT2D eigenvalue weighted by Crippen LogP contribution is 2.23. The van der Waals surface area contributed by atoms with Crippen LogP contribution in [-0.2, 0) is 22.4 Å². The standard InChI is InChI=1S/C15H20N2O2S2/c1-4-19-14(18)9-12-10-21-15(16-12)17(3)11(2)8-13-6-5-7-20-13/h5-7,10-11H,4,8-9H2,1-3H3. The van der Waals surface area contributed by atoms with Gasteiger partial charge in [-0.1, -0.05) is 6.07 Å². The maximum Gasteiger partial charge on any atom is 0.311 e. The molecule has 1 unspecified atom stereocenters. The molecule has 0 saturated heterocycles. The molecular weight excluding hydrogens is 304 g/mol. The average molecular weight is 324 g/mol. The molecule has 21 heavy (non-hydrogen) atoms. The third kappa shape index (κ3) is 4.54. The van der Waals surface area contributed by atoms with Gasteiger partial charge in [-0.25, -0.2) is 4.98 Å². The predicted molar refractivity (Wildman–Crippen MR) is 88.3 cm³/mol. The maximum absolute atomic E-state index is 11.5. The summed E-state index contributed by atoms with van der Waals surface area (Å²) in [5.41, 5.74) is 0.781. The van der Waals surface area contributed by atoms with Crippen molar-refractivity contribution in [2.75, 3.05) is 18.6 Å². The molecule has 6 heteroatoms. The summed E-state index contributed by atoms with van der Waals surface area (Å²) in [7, 11) is 2.05. The van der Waals surface area contributed by atoms with E-state index in [9.17, 15) is 4.79 Å². The van der Waals surface area contributed by atoms with Crippen molar-refractivity contribution in [3.05, 3.63) is 33.5 Å². The van der Waals surface area contributed by atoms with E-state index in [0.29, 0.717) is 12.6 Å². The number of ether oxygens (including phenoxy) is 1. The molecule has 0 N–H and O–H groups in total. The number of rotatable bonds is 7. The first kappa shape index (κ1) is 16.0. The van der Waals surface area contributed by atoms with Gasteiger partial charge in [-0.2, -0.15) is 0 Å². The summed E-state index contributed by atoms with van der Waals surface area (Å²) in [4.78, 5) is 19.5. The minimum absolute atomic E-state index is 0.219. The van der Waals surface area contributed by atoms with Gasteiger partial charge in [-0.3, -0.25) is 4.79 Å². The van der Waals surface area contributed by atoms with Gasteiger partial charge in [0, 0.05) is 29.8 Å². The van der Waals surface area contributed by atoms with E-state index in [4.69, 9.17) is 4.74 Å². The Kier molecular flexibility index (Phi) is 5.76. The van der Waals surface area contributed by atoms with Crippen molar-refractivity contribution >= 4 is 33.8 Å². The number of carbonyl (C=O) groups excluding carboxylic acids is 1. The number of anilines is 1. The third-order valence-corrected chi connectivity index (χ3v) is 5.09. The van der Waals surface area contributed by atoms with Crippen LogP contribution in [0.4, 0.5) is 5.13 Å². The van der Waals surface area contributed by atoms with Crippen LogP contribution in [0.15, 0.2) is 22.9 Å². The van der Waals surface area contributed by atoms with Crippen LogP contribution >= 0.6 is 22.7 Å². The van der Waals surface area contributed by atoms with Crippen molar-refractivity contribution in [2.45, 2.75) is 32.7 Å². The lowest BCUT2D eigenvalue weighted by Gasteiger charge is -2.23. The molecule has 0 aromatic carbocycles. The van der Waals surface area contributed by atoms with E-state index in [0.717, 1.165) is 17.2 Å². The zero-order chi connectivity index (χ0) is 15.2. The molecule has 0 aliphatic heterocycles. The van der Waals surface area contributed by atoms with E-state index >= 15 is 0 Å². The summed E-state index contributed by atoms with van der Waals surface area (Å²) in [6.07, 6.45) is 1.25. The first-order chi connectivity index (χ1) is 10.1. The fraction of sp³-hybridized carbons (Fsp3) is 0.467. The Morgan fingerprint density at radius 1 is 1.48 bits per heavy atom. The topological polar surface area (TPSA) is 42.4 Å². The summed E-state index contributed by atoms with van der Waals surface area (Å²) in [6.45, 7) is 4.41. The number of hydrogen-bond donors (Lipinski definition) is 0. The molecule has 0 bridgehead atoms. The molecule has 0 saturated carbocycles. The van der Waals surface area contributed by atoms with Crippen LogP contribution in [0.5, 0.6) is 0 Å². The van der Waals surface area contributed by atoms with Gasteiger partial charge in [-0.15, -0.1) is 22.7 Å². The normalized spacial score (nSPS) is 12.1. The number of thiophene rings is 1. The monoisotopic (exact) mass is 324 g/mol. The molecule has 0 aliphatic rings. The molecule has 4 nitrogen and oxygen atoms in total. The van der Waals surface area contributed by atoms with Crippen LogP contribution in [-0.4, -0.2) is 30.6 Å². The van der Waals surface area contributed by atoms with Gasteiger partial charge in [0.05, 0.1) is 18.7 Å². The molecule has 0 spiro atoms. The first-order valence-corrected chi connectivity index (χ1v) is 8.71. The highest BCUT2D eigenvalue weighted by Gasteiger charge is 2.16. The number of likely N-dealkylation sites (N-methyl/N-ethyl adjacent to an activating group) is 1. The fourth-order valence-corrected chi connectivity index (χ4v) is 3.66. The van der Waals surface area contributed by atoms with Crippen LogP contribution in [0.25, 0.3) is 0 Å². The molecule has 2 heterocycles. The van der Waals surface area contributed by atoms with E-state index in [1.165, 1.54) is 4.88 Å². The summed E-state index contributed by atoms with van der Waals surface area (Å²) in [5.74, 6) is -0.219. The molecule has 0 radical (unpaired) electrons. The number of hydrogen-bond acceptors (Lipinski definition) is 6. The second kappa shape index (κ2) is 7.56. The average Bonchev–Trinajstić information content (AvgIpc) is 3.09. The maximum atomic E-state index is 11.5. The van der Waals surface area contributed by atoms with Gasteiger partial charge in [0.25, 0.3) is 0 Å². The van der Waals surface area contributed by atoms with Gasteiger partial charge >= 0.3 is 5.97 Å². The van der Waals surface area contributed by atoms with Gasteiger partial charge in [0.2, 0.25) is 0 Å². The molecule has 0 aliphatic carbocycles. The van der Waals surface area contributed by atoms with Crippen molar-refractivity contribution in [1.82, 2.24) is 4.98 Å². The zero-order valence-electron chi connectivity index (χ0n) is 12.5. The minimum atomic E-state index is -0.219. The molecule has 2 aromatic rings. The Morgan fingerprint density at radius 3 is 2.95 bits per heavy atom. The Bertz CT molecular complexity index is 566. The van der Waals surface area contributed by atoms with E-state index in [2.05, 4.69) is 34.3 Å². The largest absolute Gasteiger partial charge is 0.466 e. The van der Waals surface area contributed by atoms with E-state index in [-0.39, 0.29) is 12.4 Å². The lowest BCUT2D eigenvalue weighted by Crippen LogP contribution is -2.30. The van der Waals surface area contributed by atoms with Crippen LogP contribution in [0, 0.1) is 0 Å². The fourth-order valence-electron chi connectivity index (χ4n) is 1.94. The molecule has 0 fully saturated rings. The summed E-state index contributed by atoms with van der Waals surface area (Å²) < 4.78 is 4.95. The van der Waals surface area contributed by atoms with Gasteiger partial charge in [-0.05, 0) is 25.3 Å². The van der Waals surface area contributed by atoms with Crippen molar-refractivity contribution in [3.63, 3.8) is 0 Å². The Balaban J connectivity index is 1.94. The second-order valence-corrected chi connectivity index (χ2v) is 6.72. The smallest absolute Gasteiger partial charge is 0.311 e. The Labute approximate surface area is 133 Å². The molecule has 1 atom stereocenters. The lowest BCUT2D eigenvalue weighted by atomic mass is 10.2. The number of esters is 1. The third-order valence-electron chi connectivity index (χ3n) is 3.21. The van der Waals surface area contributed by atoms with Crippen molar-refractivity contribution in [2.24, 2.45) is 0 Å². The SMILES string of the molecule is CCOC(=O)Cc1csc(N(C)C(C)Cc2cccs2)n1. The number of aromatic nitrogens is 1. The van der Waals surface area contributed by atoms with Crippen LogP contribution < -0.4 is 4.90 Å². The van der Waals surface area contributed by atoms with Gasteiger partial charge in [0.1, 0.15) is 0 Å².